The van der Waals surface area contributed by atoms with Crippen molar-refractivity contribution in [1.29, 1.82) is 0 Å². The van der Waals surface area contributed by atoms with Gasteiger partial charge in [0, 0.05) is 6.20 Å². The molecule has 218 valence electrons. The lowest BCUT2D eigenvalue weighted by molar-refractivity contribution is -0.135. The number of nitrogens with one attached hydrogen (secondary N) is 1. The first kappa shape index (κ1) is 30.4. The third-order valence-corrected chi connectivity index (χ3v) is 7.40. The molecular formula is C31H32N4O6S. The van der Waals surface area contributed by atoms with Gasteiger partial charge in [-0.05, 0) is 68.1 Å². The highest BCUT2D eigenvalue weighted by molar-refractivity contribution is 7.89. The molecule has 2 aromatic heterocycles. The normalized spacial score (nSPS) is 12.4. The number of carboxylic acid groups (broad SMARTS) is 1. The van der Waals surface area contributed by atoms with Gasteiger partial charge in [-0.25, -0.2) is 27.9 Å². The Balaban J connectivity index is 1.70. The molecule has 0 aliphatic carbocycles. The van der Waals surface area contributed by atoms with Crippen LogP contribution in [0.5, 0.6) is 0 Å². The Morgan fingerprint density at radius 2 is 1.57 bits per heavy atom. The standard InChI is InChI=1S/C31H32N4O6S/c1-31(2,3)41-30(38)35(21-29(36)37)27-13-9-12-25(33-27)26(34-42(39,40)28-14-7-8-19-32-28)20-22-15-17-24(18-16-22)23-10-5-4-6-11-23/h4-19,26,34H,20-21H2,1-3H3,(H,36,37). The number of aliphatic carboxylic acids is 1. The molecule has 0 aliphatic heterocycles. The largest absolute Gasteiger partial charge is 0.480 e. The van der Waals surface area contributed by atoms with E-state index in [0.717, 1.165) is 21.6 Å². The number of carbonyl (C=O) groups is 2. The van der Waals surface area contributed by atoms with Gasteiger partial charge in [-0.3, -0.25) is 9.69 Å². The minimum Gasteiger partial charge on any atom is -0.480 e. The van der Waals surface area contributed by atoms with Crippen molar-refractivity contribution in [3.05, 3.63) is 108 Å². The van der Waals surface area contributed by atoms with Crippen LogP contribution in [0.4, 0.5) is 10.6 Å². The molecule has 0 radical (unpaired) electrons. The number of aromatic nitrogens is 2. The lowest BCUT2D eigenvalue weighted by Crippen LogP contribution is -2.40. The van der Waals surface area contributed by atoms with Crippen LogP contribution in [0.1, 0.15) is 38.1 Å². The van der Waals surface area contributed by atoms with Crippen LogP contribution in [0.3, 0.4) is 0 Å². The number of anilines is 1. The number of amides is 1. The minimum absolute atomic E-state index is 0.00519. The summed E-state index contributed by atoms with van der Waals surface area (Å²) in [5, 5.41) is 9.31. The number of carbonyl (C=O) groups excluding carboxylic acids is 1. The van der Waals surface area contributed by atoms with Crippen LogP contribution in [0, 0.1) is 0 Å². The van der Waals surface area contributed by atoms with Crippen molar-refractivity contribution in [1.82, 2.24) is 14.7 Å². The molecule has 1 amide bonds. The topological polar surface area (TPSA) is 139 Å². The van der Waals surface area contributed by atoms with Gasteiger partial charge in [-0.2, -0.15) is 0 Å². The number of hydrogen-bond acceptors (Lipinski definition) is 7. The second kappa shape index (κ2) is 12.9. The van der Waals surface area contributed by atoms with Crippen molar-refractivity contribution in [3.63, 3.8) is 0 Å². The smallest absolute Gasteiger partial charge is 0.416 e. The van der Waals surface area contributed by atoms with Crippen LogP contribution in [-0.4, -0.2) is 47.7 Å². The molecule has 1 atom stereocenters. The molecule has 4 aromatic rings. The second-order valence-corrected chi connectivity index (χ2v) is 12.2. The van der Waals surface area contributed by atoms with E-state index in [0.29, 0.717) is 0 Å². The Bertz CT molecular complexity index is 1620. The fourth-order valence-electron chi connectivity index (χ4n) is 4.14. The van der Waals surface area contributed by atoms with Crippen LogP contribution in [0.25, 0.3) is 11.1 Å². The van der Waals surface area contributed by atoms with Crippen molar-refractivity contribution < 1.29 is 27.9 Å². The molecule has 10 nitrogen and oxygen atoms in total. The summed E-state index contributed by atoms with van der Waals surface area (Å²) in [7, 11) is -4.07. The molecule has 0 saturated carbocycles. The van der Waals surface area contributed by atoms with Crippen molar-refractivity contribution in [2.75, 3.05) is 11.4 Å². The zero-order valence-corrected chi connectivity index (χ0v) is 24.3. The summed E-state index contributed by atoms with van der Waals surface area (Å²) in [6.45, 7) is 4.30. The zero-order valence-electron chi connectivity index (χ0n) is 23.5. The average molecular weight is 589 g/mol. The Morgan fingerprint density at radius 1 is 0.905 bits per heavy atom. The molecule has 2 heterocycles. The highest BCUT2D eigenvalue weighted by Gasteiger charge is 2.28. The Morgan fingerprint density at radius 3 is 2.19 bits per heavy atom. The first-order valence-corrected chi connectivity index (χ1v) is 14.7. The predicted molar refractivity (Wildman–Crippen MR) is 158 cm³/mol. The summed E-state index contributed by atoms with van der Waals surface area (Å²) >= 11 is 0. The SMILES string of the molecule is CC(C)(C)OC(=O)N(CC(=O)O)c1cccc(C(Cc2ccc(-c3ccccc3)cc2)NS(=O)(=O)c2ccccn2)n1. The highest BCUT2D eigenvalue weighted by atomic mass is 32.2. The van der Waals surface area contributed by atoms with Crippen LogP contribution >= 0.6 is 0 Å². The number of hydrogen-bond donors (Lipinski definition) is 2. The quantitative estimate of drug-likeness (QED) is 0.257. The van der Waals surface area contributed by atoms with Gasteiger partial charge in [0.05, 0.1) is 11.7 Å². The molecule has 0 bridgehead atoms. The average Bonchev–Trinajstić information content (AvgIpc) is 2.96. The van der Waals surface area contributed by atoms with Gasteiger partial charge in [0.2, 0.25) is 0 Å². The maximum atomic E-state index is 13.3. The van der Waals surface area contributed by atoms with Crippen molar-refractivity contribution >= 4 is 27.9 Å². The van der Waals surface area contributed by atoms with Gasteiger partial charge in [0.25, 0.3) is 10.0 Å². The number of nitrogens with zero attached hydrogens (tertiary/aromatic N) is 3. The summed E-state index contributed by atoms with van der Waals surface area (Å²) < 4.78 is 34.7. The van der Waals surface area contributed by atoms with E-state index in [9.17, 15) is 23.1 Å². The molecular weight excluding hydrogens is 556 g/mol. The molecule has 11 heteroatoms. The predicted octanol–water partition coefficient (Wildman–Crippen LogP) is 5.23. The number of pyridine rings is 2. The maximum Gasteiger partial charge on any atom is 0.416 e. The van der Waals surface area contributed by atoms with E-state index in [4.69, 9.17) is 4.74 Å². The molecule has 0 saturated heterocycles. The molecule has 0 spiro atoms. The van der Waals surface area contributed by atoms with Crippen LogP contribution < -0.4 is 9.62 Å². The van der Waals surface area contributed by atoms with Crippen molar-refractivity contribution in [2.45, 2.75) is 43.9 Å². The third kappa shape index (κ3) is 8.21. The number of carboxylic acids is 1. The summed E-state index contributed by atoms with van der Waals surface area (Å²) in [5.41, 5.74) is 2.28. The first-order chi connectivity index (χ1) is 19.9. The van der Waals surface area contributed by atoms with Gasteiger partial charge in [0.15, 0.2) is 5.03 Å². The molecule has 2 N–H and O–H groups in total. The van der Waals surface area contributed by atoms with E-state index in [2.05, 4.69) is 14.7 Å². The van der Waals surface area contributed by atoms with Crippen molar-refractivity contribution in [3.8, 4) is 11.1 Å². The molecule has 4 rings (SSSR count). The van der Waals surface area contributed by atoms with Crippen molar-refractivity contribution in [2.24, 2.45) is 0 Å². The van der Waals surface area contributed by atoms with E-state index in [-0.39, 0.29) is 23.0 Å². The third-order valence-electron chi connectivity index (χ3n) is 6.01. The van der Waals surface area contributed by atoms with E-state index < -0.39 is 40.3 Å². The molecule has 1 unspecified atom stereocenters. The number of sulfonamides is 1. The second-order valence-electron chi connectivity index (χ2n) is 10.5. The van der Waals surface area contributed by atoms with E-state index in [1.807, 2.05) is 54.6 Å². The Hall–Kier alpha value is -4.61. The van der Waals surface area contributed by atoms with Gasteiger partial charge >= 0.3 is 12.1 Å². The fraction of sp³-hybridized carbons (Fsp3) is 0.226. The maximum absolute atomic E-state index is 13.3. The van der Waals surface area contributed by atoms with E-state index in [1.54, 1.807) is 45.0 Å². The van der Waals surface area contributed by atoms with Gasteiger partial charge in [0.1, 0.15) is 18.0 Å². The molecule has 0 fully saturated rings. The fourth-order valence-corrected chi connectivity index (χ4v) is 5.29. The van der Waals surface area contributed by atoms with Crippen LogP contribution in [0.2, 0.25) is 0 Å². The zero-order chi connectivity index (χ0) is 30.3. The van der Waals surface area contributed by atoms with E-state index in [1.165, 1.54) is 18.3 Å². The molecule has 2 aromatic carbocycles. The first-order valence-electron chi connectivity index (χ1n) is 13.2. The lowest BCUT2D eigenvalue weighted by Gasteiger charge is -2.26. The van der Waals surface area contributed by atoms with Crippen LogP contribution in [0.15, 0.2) is 102 Å². The number of ether oxygens (including phenoxy) is 1. The summed E-state index contributed by atoms with van der Waals surface area (Å²) in [4.78, 5) is 33.9. The van der Waals surface area contributed by atoms with Gasteiger partial charge in [-0.15, -0.1) is 0 Å². The summed E-state index contributed by atoms with van der Waals surface area (Å²) in [6, 6.07) is 25.9. The Kier molecular flexibility index (Phi) is 9.34. The highest BCUT2D eigenvalue weighted by Crippen LogP contribution is 2.25. The lowest BCUT2D eigenvalue weighted by atomic mass is 9.99. The summed E-state index contributed by atoms with van der Waals surface area (Å²) in [5.74, 6) is -1.26. The minimum atomic E-state index is -4.07. The molecule has 42 heavy (non-hydrogen) atoms. The number of benzene rings is 2. The monoisotopic (exact) mass is 588 g/mol. The van der Waals surface area contributed by atoms with E-state index >= 15 is 0 Å². The van der Waals surface area contributed by atoms with Crippen LogP contribution in [-0.2, 0) is 26.0 Å². The molecule has 0 aliphatic rings. The van der Waals surface area contributed by atoms with Gasteiger partial charge < -0.3 is 9.84 Å². The summed E-state index contributed by atoms with van der Waals surface area (Å²) in [6.07, 6.45) is 0.704. The number of rotatable bonds is 10. The van der Waals surface area contributed by atoms with Gasteiger partial charge in [-0.1, -0.05) is 66.7 Å². The Labute approximate surface area is 245 Å².